The van der Waals surface area contributed by atoms with E-state index < -0.39 is 0 Å². The van der Waals surface area contributed by atoms with Crippen LogP contribution in [0.1, 0.15) is 39.0 Å². The highest BCUT2D eigenvalue weighted by atomic mass is 16.1. The summed E-state index contributed by atoms with van der Waals surface area (Å²) in [6, 6.07) is 0.342. The maximum absolute atomic E-state index is 10.7. The van der Waals surface area contributed by atoms with E-state index in [2.05, 4.69) is 5.32 Å². The first-order chi connectivity index (χ1) is 5.70. The summed E-state index contributed by atoms with van der Waals surface area (Å²) in [7, 11) is 0. The first-order valence-corrected chi connectivity index (χ1v) is 4.75. The maximum atomic E-state index is 10.7. The lowest BCUT2D eigenvalue weighted by molar-refractivity contribution is -0.119. The van der Waals surface area contributed by atoms with Crippen molar-refractivity contribution in [2.24, 2.45) is 5.73 Å². The molecule has 1 saturated carbocycles. The Kier molecular flexibility index (Phi) is 3.53. The number of hydrogen-bond acceptors (Lipinski definition) is 2. The minimum Gasteiger partial charge on any atom is -0.368 e. The van der Waals surface area contributed by atoms with Crippen LogP contribution < -0.4 is 11.1 Å². The van der Waals surface area contributed by atoms with Crippen molar-refractivity contribution in [1.29, 1.82) is 0 Å². The van der Waals surface area contributed by atoms with Crippen LogP contribution in [0, 0.1) is 0 Å². The molecule has 1 unspecified atom stereocenters. The summed E-state index contributed by atoms with van der Waals surface area (Å²) < 4.78 is 0. The van der Waals surface area contributed by atoms with Gasteiger partial charge in [0, 0.05) is 6.04 Å². The van der Waals surface area contributed by atoms with E-state index in [1.807, 2.05) is 6.92 Å². The highest BCUT2D eigenvalue weighted by molar-refractivity contribution is 5.79. The zero-order chi connectivity index (χ0) is 8.97. The summed E-state index contributed by atoms with van der Waals surface area (Å²) >= 11 is 0. The highest BCUT2D eigenvalue weighted by Crippen LogP contribution is 2.17. The summed E-state index contributed by atoms with van der Waals surface area (Å²) in [6.45, 7) is 1.83. The van der Waals surface area contributed by atoms with E-state index in [0.29, 0.717) is 6.04 Å². The number of rotatable bonds is 3. The van der Waals surface area contributed by atoms with Crippen molar-refractivity contribution in [1.82, 2.24) is 5.32 Å². The predicted octanol–water partition coefficient (Wildman–Crippen LogP) is 0.782. The molecule has 0 aromatic rings. The minimum absolute atomic E-state index is 0.173. The highest BCUT2D eigenvalue weighted by Gasteiger charge is 2.17. The fourth-order valence-electron chi connectivity index (χ4n) is 1.70. The Hall–Kier alpha value is -0.570. The van der Waals surface area contributed by atoms with Gasteiger partial charge < -0.3 is 11.1 Å². The Bertz CT molecular complexity index is 153. The van der Waals surface area contributed by atoms with Crippen molar-refractivity contribution in [3.63, 3.8) is 0 Å². The second kappa shape index (κ2) is 4.45. The van der Waals surface area contributed by atoms with E-state index in [0.717, 1.165) is 0 Å². The molecule has 1 amide bonds. The molecule has 3 nitrogen and oxygen atoms in total. The van der Waals surface area contributed by atoms with Gasteiger partial charge >= 0.3 is 0 Å². The second-order valence-electron chi connectivity index (χ2n) is 3.63. The Morgan fingerprint density at radius 2 is 2.00 bits per heavy atom. The van der Waals surface area contributed by atoms with Gasteiger partial charge in [0.1, 0.15) is 0 Å². The molecule has 0 aromatic heterocycles. The number of carbonyl (C=O) groups excluding carboxylic acids is 1. The molecule has 0 radical (unpaired) electrons. The second-order valence-corrected chi connectivity index (χ2v) is 3.63. The molecule has 1 aliphatic rings. The quantitative estimate of drug-likeness (QED) is 0.657. The van der Waals surface area contributed by atoms with Crippen molar-refractivity contribution >= 4 is 5.91 Å². The molecule has 12 heavy (non-hydrogen) atoms. The molecular weight excluding hydrogens is 152 g/mol. The largest absolute Gasteiger partial charge is 0.368 e. The molecular formula is C9H18N2O. The molecule has 1 aliphatic carbocycles. The first kappa shape index (κ1) is 9.52. The monoisotopic (exact) mass is 170 g/mol. The van der Waals surface area contributed by atoms with Gasteiger partial charge in [0.15, 0.2) is 0 Å². The van der Waals surface area contributed by atoms with Crippen molar-refractivity contribution in [2.45, 2.75) is 51.1 Å². The fourth-order valence-corrected chi connectivity index (χ4v) is 1.70. The molecule has 0 heterocycles. The van der Waals surface area contributed by atoms with Crippen LogP contribution >= 0.6 is 0 Å². The van der Waals surface area contributed by atoms with Crippen LogP contribution in [0.3, 0.4) is 0 Å². The number of amides is 1. The SMILES string of the molecule is CC(NC1CCCCC1)C(N)=O. The molecule has 1 atom stereocenters. The van der Waals surface area contributed by atoms with Gasteiger partial charge in [-0.25, -0.2) is 0 Å². The van der Waals surface area contributed by atoms with Gasteiger partial charge in [-0.2, -0.15) is 0 Å². The van der Waals surface area contributed by atoms with Gasteiger partial charge in [-0.05, 0) is 19.8 Å². The van der Waals surface area contributed by atoms with Gasteiger partial charge in [0.05, 0.1) is 6.04 Å². The summed E-state index contributed by atoms with van der Waals surface area (Å²) in [6.07, 6.45) is 6.28. The number of nitrogens with one attached hydrogen (secondary N) is 1. The number of primary amides is 1. The van der Waals surface area contributed by atoms with Crippen LogP contribution in [0.4, 0.5) is 0 Å². The van der Waals surface area contributed by atoms with Crippen LogP contribution in [-0.2, 0) is 4.79 Å². The zero-order valence-electron chi connectivity index (χ0n) is 7.68. The molecule has 3 heteroatoms. The molecule has 3 N–H and O–H groups in total. The van der Waals surface area contributed by atoms with Gasteiger partial charge in [-0.1, -0.05) is 19.3 Å². The third-order valence-electron chi connectivity index (χ3n) is 2.52. The van der Waals surface area contributed by atoms with E-state index in [1.54, 1.807) is 0 Å². The lowest BCUT2D eigenvalue weighted by atomic mass is 9.95. The Morgan fingerprint density at radius 3 is 2.50 bits per heavy atom. The van der Waals surface area contributed by atoms with Gasteiger partial charge in [-0.3, -0.25) is 4.79 Å². The van der Waals surface area contributed by atoms with Gasteiger partial charge in [0.25, 0.3) is 0 Å². The summed E-state index contributed by atoms with van der Waals surface area (Å²) in [5.74, 6) is -0.249. The lowest BCUT2D eigenvalue weighted by Gasteiger charge is -2.25. The molecule has 0 spiro atoms. The normalized spacial score (nSPS) is 22.1. The maximum Gasteiger partial charge on any atom is 0.234 e. The topological polar surface area (TPSA) is 55.1 Å². The van der Waals surface area contributed by atoms with Crippen LogP contribution in [0.25, 0.3) is 0 Å². The number of nitrogens with two attached hydrogens (primary N) is 1. The Morgan fingerprint density at radius 1 is 1.42 bits per heavy atom. The molecule has 1 rings (SSSR count). The van der Waals surface area contributed by atoms with Crippen LogP contribution in [0.2, 0.25) is 0 Å². The van der Waals surface area contributed by atoms with Gasteiger partial charge in [0.2, 0.25) is 5.91 Å². The smallest absolute Gasteiger partial charge is 0.234 e. The minimum atomic E-state index is -0.249. The summed E-state index contributed by atoms with van der Waals surface area (Å²) in [5.41, 5.74) is 5.15. The van der Waals surface area contributed by atoms with Crippen molar-refractivity contribution in [3.8, 4) is 0 Å². The van der Waals surface area contributed by atoms with Crippen LogP contribution in [0.15, 0.2) is 0 Å². The van der Waals surface area contributed by atoms with E-state index in [9.17, 15) is 4.79 Å². The third kappa shape index (κ3) is 2.81. The van der Waals surface area contributed by atoms with Crippen LogP contribution in [-0.4, -0.2) is 18.0 Å². The van der Waals surface area contributed by atoms with Crippen molar-refractivity contribution in [2.75, 3.05) is 0 Å². The molecule has 0 aromatic carbocycles. The standard InChI is InChI=1S/C9H18N2O/c1-7(9(10)12)11-8-5-3-2-4-6-8/h7-8,11H,2-6H2,1H3,(H2,10,12). The fraction of sp³-hybridized carbons (Fsp3) is 0.889. The number of hydrogen-bond donors (Lipinski definition) is 2. The third-order valence-corrected chi connectivity index (χ3v) is 2.52. The van der Waals surface area contributed by atoms with Crippen molar-refractivity contribution < 1.29 is 4.79 Å². The van der Waals surface area contributed by atoms with E-state index in [1.165, 1.54) is 32.1 Å². The van der Waals surface area contributed by atoms with E-state index in [4.69, 9.17) is 5.73 Å². The molecule has 0 saturated heterocycles. The van der Waals surface area contributed by atoms with E-state index >= 15 is 0 Å². The van der Waals surface area contributed by atoms with E-state index in [-0.39, 0.29) is 11.9 Å². The predicted molar refractivity (Wildman–Crippen MR) is 48.7 cm³/mol. The van der Waals surface area contributed by atoms with Gasteiger partial charge in [-0.15, -0.1) is 0 Å². The van der Waals surface area contributed by atoms with Crippen LogP contribution in [0.5, 0.6) is 0 Å². The molecule has 0 aliphatic heterocycles. The summed E-state index contributed by atoms with van der Waals surface area (Å²) in [5, 5.41) is 3.24. The molecule has 0 bridgehead atoms. The first-order valence-electron chi connectivity index (χ1n) is 4.75. The average molecular weight is 170 g/mol. The summed E-state index contributed by atoms with van der Waals surface area (Å²) in [4.78, 5) is 10.7. The average Bonchev–Trinajstić information content (AvgIpc) is 2.06. The van der Waals surface area contributed by atoms with Crippen molar-refractivity contribution in [3.05, 3.63) is 0 Å². The Balaban J connectivity index is 2.24. The molecule has 70 valence electrons. The zero-order valence-corrected chi connectivity index (χ0v) is 7.68. The lowest BCUT2D eigenvalue weighted by Crippen LogP contribution is -2.45. The molecule has 1 fully saturated rings. The Labute approximate surface area is 73.7 Å². The number of carbonyl (C=O) groups is 1.